The molecule has 7 heteroatoms. The molecule has 0 unspecified atom stereocenters. The molecule has 26 heavy (non-hydrogen) atoms. The molecule has 0 aromatic heterocycles. The molecule has 0 amide bonds. The molecule has 0 aliphatic rings. The third-order valence-electron chi connectivity index (χ3n) is 3.73. The van der Waals surface area contributed by atoms with Crippen molar-refractivity contribution >= 4 is 12.0 Å². The van der Waals surface area contributed by atoms with E-state index >= 15 is 0 Å². The van der Waals surface area contributed by atoms with Gasteiger partial charge in [-0.15, -0.1) is 0 Å². The fraction of sp³-hybridized carbons (Fsp3) is 0.526. The lowest BCUT2D eigenvalue weighted by molar-refractivity contribution is -0.137. The van der Waals surface area contributed by atoms with Gasteiger partial charge in [0.1, 0.15) is 0 Å². The largest absolute Gasteiger partial charge is 0.493 e. The monoisotopic (exact) mass is 367 g/mol. The van der Waals surface area contributed by atoms with Gasteiger partial charge >= 0.3 is 5.97 Å². The predicted octanol–water partition coefficient (Wildman–Crippen LogP) is 1.97. The average Bonchev–Trinajstić information content (AvgIpc) is 2.66. The number of nitrogens with zero attached hydrogens (tertiary/aromatic N) is 1. The molecular weight excluding hydrogens is 338 g/mol. The van der Waals surface area contributed by atoms with Gasteiger partial charge < -0.3 is 29.0 Å². The number of rotatable bonds is 12. The molecule has 0 fully saturated rings. The molecule has 0 heterocycles. The first-order valence-corrected chi connectivity index (χ1v) is 8.50. The quantitative estimate of drug-likeness (QED) is 0.344. The second-order valence-electron chi connectivity index (χ2n) is 5.69. The smallest absolute Gasteiger partial charge is 0.330 e. The number of carbonyl (C=O) groups excluding carboxylic acids is 1. The second kappa shape index (κ2) is 12.2. The van der Waals surface area contributed by atoms with Crippen molar-refractivity contribution in [3.05, 3.63) is 23.8 Å². The lowest BCUT2D eigenvalue weighted by Gasteiger charge is -2.15. The summed E-state index contributed by atoms with van der Waals surface area (Å²) in [5.41, 5.74) is 0.736. The van der Waals surface area contributed by atoms with Gasteiger partial charge in [0, 0.05) is 25.8 Å². The van der Waals surface area contributed by atoms with Crippen molar-refractivity contribution in [2.45, 2.75) is 12.8 Å². The lowest BCUT2D eigenvalue weighted by Crippen LogP contribution is -2.23. The predicted molar refractivity (Wildman–Crippen MR) is 99.9 cm³/mol. The van der Waals surface area contributed by atoms with Crippen LogP contribution in [-0.2, 0) is 9.53 Å². The summed E-state index contributed by atoms with van der Waals surface area (Å²) in [6.45, 7) is 2.17. The molecule has 1 rings (SSSR count). The number of carbonyl (C=O) groups is 1. The van der Waals surface area contributed by atoms with Crippen molar-refractivity contribution in [1.29, 1.82) is 0 Å². The van der Waals surface area contributed by atoms with Crippen LogP contribution >= 0.6 is 0 Å². The Morgan fingerprint density at radius 1 is 1.08 bits per heavy atom. The van der Waals surface area contributed by atoms with Gasteiger partial charge in [-0.05, 0) is 43.7 Å². The standard InChI is InChI=1S/C19H29NO6/c1-20(9-5-11-21)10-6-12-26-18(22)8-7-15-13-16(23-2)19(25-4)17(14-15)24-3/h7-8,13-14,21H,5-6,9-12H2,1-4H3/b8-7+. The van der Waals surface area contributed by atoms with Crippen LogP contribution < -0.4 is 14.2 Å². The Bertz CT molecular complexity index is 562. The fourth-order valence-corrected chi connectivity index (χ4v) is 2.37. The topological polar surface area (TPSA) is 77.5 Å². The summed E-state index contributed by atoms with van der Waals surface area (Å²) in [7, 11) is 6.59. The zero-order valence-electron chi connectivity index (χ0n) is 16.0. The molecule has 0 saturated heterocycles. The van der Waals surface area contributed by atoms with Crippen LogP contribution in [-0.4, -0.2) is 70.7 Å². The highest BCUT2D eigenvalue weighted by molar-refractivity contribution is 5.87. The van der Waals surface area contributed by atoms with Gasteiger partial charge in [0.15, 0.2) is 11.5 Å². The fourth-order valence-electron chi connectivity index (χ4n) is 2.37. The number of hydrogen-bond donors (Lipinski definition) is 1. The van der Waals surface area contributed by atoms with Crippen molar-refractivity contribution in [3.63, 3.8) is 0 Å². The van der Waals surface area contributed by atoms with Gasteiger partial charge in [-0.1, -0.05) is 0 Å². The molecule has 0 radical (unpaired) electrons. The number of methoxy groups -OCH3 is 3. The van der Waals surface area contributed by atoms with E-state index < -0.39 is 5.97 Å². The summed E-state index contributed by atoms with van der Waals surface area (Å²) in [6, 6.07) is 3.50. The second-order valence-corrected chi connectivity index (χ2v) is 5.69. The van der Waals surface area contributed by atoms with Gasteiger partial charge in [-0.2, -0.15) is 0 Å². The first-order chi connectivity index (χ1) is 12.5. The van der Waals surface area contributed by atoms with Crippen molar-refractivity contribution in [2.24, 2.45) is 0 Å². The van der Waals surface area contributed by atoms with Gasteiger partial charge in [0.25, 0.3) is 0 Å². The highest BCUT2D eigenvalue weighted by Gasteiger charge is 2.12. The zero-order valence-corrected chi connectivity index (χ0v) is 16.0. The summed E-state index contributed by atoms with van der Waals surface area (Å²) in [5.74, 6) is 1.13. The van der Waals surface area contributed by atoms with E-state index in [4.69, 9.17) is 24.1 Å². The third-order valence-corrected chi connectivity index (χ3v) is 3.73. The Hall–Kier alpha value is -2.25. The molecule has 1 N–H and O–H groups in total. The van der Waals surface area contributed by atoms with Crippen LogP contribution in [0.1, 0.15) is 18.4 Å². The third kappa shape index (κ3) is 7.33. The molecule has 0 aliphatic heterocycles. The Morgan fingerprint density at radius 2 is 1.69 bits per heavy atom. The highest BCUT2D eigenvalue weighted by Crippen LogP contribution is 2.38. The molecule has 146 valence electrons. The molecule has 7 nitrogen and oxygen atoms in total. The van der Waals surface area contributed by atoms with Crippen LogP contribution in [0.2, 0.25) is 0 Å². The Morgan fingerprint density at radius 3 is 2.23 bits per heavy atom. The van der Waals surface area contributed by atoms with Gasteiger partial charge in [0.2, 0.25) is 5.75 Å². The normalized spacial score (nSPS) is 11.0. The minimum atomic E-state index is -0.406. The molecule has 0 bridgehead atoms. The van der Waals surface area contributed by atoms with Crippen molar-refractivity contribution in [1.82, 2.24) is 4.90 Å². The Kier molecular flexibility index (Phi) is 10.2. The van der Waals surface area contributed by atoms with E-state index in [9.17, 15) is 4.79 Å². The van der Waals surface area contributed by atoms with Crippen LogP contribution in [0.4, 0.5) is 0 Å². The SMILES string of the molecule is COc1cc(/C=C/C(=O)OCCCN(C)CCCO)cc(OC)c1OC. The number of ether oxygens (including phenoxy) is 4. The van der Waals surface area contributed by atoms with E-state index in [1.165, 1.54) is 27.4 Å². The van der Waals surface area contributed by atoms with Crippen molar-refractivity contribution in [2.75, 3.05) is 54.7 Å². The van der Waals surface area contributed by atoms with Gasteiger partial charge in [0.05, 0.1) is 27.9 Å². The number of esters is 1. The van der Waals surface area contributed by atoms with E-state index in [0.717, 1.165) is 31.5 Å². The van der Waals surface area contributed by atoms with Crippen LogP contribution in [0.25, 0.3) is 6.08 Å². The molecule has 1 aromatic carbocycles. The summed E-state index contributed by atoms with van der Waals surface area (Å²) in [4.78, 5) is 13.9. The summed E-state index contributed by atoms with van der Waals surface area (Å²) < 4.78 is 21.0. The van der Waals surface area contributed by atoms with E-state index in [-0.39, 0.29) is 6.61 Å². The molecule has 0 aliphatic carbocycles. The highest BCUT2D eigenvalue weighted by atomic mass is 16.5. The van der Waals surface area contributed by atoms with Gasteiger partial charge in [-0.3, -0.25) is 0 Å². The summed E-state index contributed by atoms with van der Waals surface area (Å²) in [6.07, 6.45) is 4.50. The van der Waals surface area contributed by atoms with Crippen LogP contribution in [0.15, 0.2) is 18.2 Å². The first-order valence-electron chi connectivity index (χ1n) is 8.50. The molecule has 1 aromatic rings. The van der Waals surface area contributed by atoms with E-state index in [0.29, 0.717) is 23.9 Å². The Balaban J connectivity index is 2.52. The lowest BCUT2D eigenvalue weighted by atomic mass is 10.1. The maximum atomic E-state index is 11.8. The number of aliphatic hydroxyl groups excluding tert-OH is 1. The minimum absolute atomic E-state index is 0.186. The van der Waals surface area contributed by atoms with E-state index in [1.54, 1.807) is 18.2 Å². The van der Waals surface area contributed by atoms with E-state index in [1.807, 2.05) is 7.05 Å². The maximum absolute atomic E-state index is 11.8. The number of hydrogen-bond acceptors (Lipinski definition) is 7. The maximum Gasteiger partial charge on any atom is 0.330 e. The van der Waals surface area contributed by atoms with E-state index in [2.05, 4.69) is 4.90 Å². The van der Waals surface area contributed by atoms with Crippen molar-refractivity contribution < 1.29 is 28.8 Å². The van der Waals surface area contributed by atoms with Crippen LogP contribution in [0.5, 0.6) is 17.2 Å². The summed E-state index contributed by atoms with van der Waals surface area (Å²) >= 11 is 0. The summed E-state index contributed by atoms with van der Waals surface area (Å²) in [5, 5.41) is 8.78. The average molecular weight is 367 g/mol. The van der Waals surface area contributed by atoms with Crippen LogP contribution in [0.3, 0.4) is 0 Å². The zero-order chi connectivity index (χ0) is 19.4. The number of benzene rings is 1. The first kappa shape index (κ1) is 21.8. The van der Waals surface area contributed by atoms with Crippen molar-refractivity contribution in [3.8, 4) is 17.2 Å². The molecule has 0 atom stereocenters. The molecule has 0 spiro atoms. The Labute approximate surface area is 155 Å². The number of aliphatic hydroxyl groups is 1. The van der Waals surface area contributed by atoms with Crippen LogP contribution in [0, 0.1) is 0 Å². The van der Waals surface area contributed by atoms with Gasteiger partial charge in [-0.25, -0.2) is 4.79 Å². The molecule has 0 saturated carbocycles. The minimum Gasteiger partial charge on any atom is -0.493 e. The molecular formula is C19H29NO6.